The summed E-state index contributed by atoms with van der Waals surface area (Å²) in [4.78, 5) is -5.10. The van der Waals surface area contributed by atoms with E-state index in [9.17, 15) is 25.3 Å². The summed E-state index contributed by atoms with van der Waals surface area (Å²) < 4.78 is 93.4. The highest BCUT2D eigenvalue weighted by atomic mass is 35.5. The lowest BCUT2D eigenvalue weighted by atomic mass is 10.3. The highest BCUT2D eigenvalue weighted by Gasteiger charge is 2.36. The van der Waals surface area contributed by atoms with Crippen molar-refractivity contribution in [2.24, 2.45) is 0 Å². The van der Waals surface area contributed by atoms with Crippen LogP contribution in [0.4, 0.5) is 0 Å². The van der Waals surface area contributed by atoms with Crippen LogP contribution >= 0.6 is 23.2 Å². The summed E-state index contributed by atoms with van der Waals surface area (Å²) in [5.74, 6) is 0. The summed E-state index contributed by atoms with van der Waals surface area (Å²) in [7, 11) is -16.2. The third kappa shape index (κ3) is 3.40. The quantitative estimate of drug-likeness (QED) is 0.635. The van der Waals surface area contributed by atoms with Gasteiger partial charge in [0, 0.05) is 0 Å². The van der Waals surface area contributed by atoms with Gasteiger partial charge in [-0.25, -0.2) is 0 Å². The minimum Gasteiger partial charge on any atom is -0.282 e. The first-order chi connectivity index (χ1) is 8.67. The molecule has 1 aromatic rings. The van der Waals surface area contributed by atoms with Crippen molar-refractivity contribution >= 4 is 53.6 Å². The van der Waals surface area contributed by atoms with Gasteiger partial charge in [0.15, 0.2) is 0 Å². The van der Waals surface area contributed by atoms with Gasteiger partial charge in [0.05, 0.1) is 10.0 Å². The zero-order chi connectivity index (χ0) is 16.1. The van der Waals surface area contributed by atoms with Crippen LogP contribution in [0.3, 0.4) is 0 Å². The van der Waals surface area contributed by atoms with Crippen molar-refractivity contribution in [2.75, 3.05) is 0 Å². The number of rotatable bonds is 3. The van der Waals surface area contributed by atoms with Crippen LogP contribution in [-0.2, 0) is 30.4 Å². The fraction of sp³-hybridized carbons (Fsp3) is 0. The SMILES string of the molecule is O=S(=O)(O)c1c(Cl)cc(Cl)c(S(=O)(=O)O)c1S(=O)(=O)O. The Balaban J connectivity index is 4.32. The van der Waals surface area contributed by atoms with Gasteiger partial charge in [-0.05, 0) is 6.07 Å². The predicted octanol–water partition coefficient (Wildman–Crippen LogP) is 0.734. The lowest BCUT2D eigenvalue weighted by Gasteiger charge is -2.12. The minimum absolute atomic E-state index is 0.462. The zero-order valence-corrected chi connectivity index (χ0v) is 12.8. The van der Waals surface area contributed by atoms with Crippen LogP contribution < -0.4 is 0 Å². The molecular weight excluding hydrogens is 383 g/mol. The average Bonchev–Trinajstić information content (AvgIpc) is 2.09. The van der Waals surface area contributed by atoms with Crippen molar-refractivity contribution in [1.82, 2.24) is 0 Å². The van der Waals surface area contributed by atoms with Crippen molar-refractivity contribution in [3.63, 3.8) is 0 Å². The summed E-state index contributed by atoms with van der Waals surface area (Å²) in [5, 5.41) is -1.95. The fourth-order valence-corrected chi connectivity index (χ4v) is 5.74. The average molecular weight is 387 g/mol. The maximum Gasteiger partial charge on any atom is 0.297 e. The molecule has 0 atom stereocenters. The maximum atomic E-state index is 11.2. The van der Waals surface area contributed by atoms with Crippen LogP contribution in [0.25, 0.3) is 0 Å². The van der Waals surface area contributed by atoms with E-state index < -0.39 is 55.1 Å². The summed E-state index contributed by atoms with van der Waals surface area (Å²) in [6.07, 6.45) is 0. The number of benzene rings is 1. The molecule has 1 rings (SSSR count). The van der Waals surface area contributed by atoms with E-state index in [1.165, 1.54) is 0 Å². The summed E-state index contributed by atoms with van der Waals surface area (Å²) >= 11 is 10.7. The molecule has 0 saturated heterocycles. The highest BCUT2D eigenvalue weighted by Crippen LogP contribution is 2.38. The molecule has 0 unspecified atom stereocenters. The molecule has 0 aliphatic heterocycles. The molecule has 0 aliphatic carbocycles. The molecule has 14 heteroatoms. The van der Waals surface area contributed by atoms with E-state index in [0.717, 1.165) is 0 Å². The first-order valence-corrected chi connectivity index (χ1v) is 9.19. The molecule has 0 heterocycles. The Morgan fingerprint density at radius 2 is 0.900 bits per heavy atom. The summed E-state index contributed by atoms with van der Waals surface area (Å²) in [6, 6.07) is 0.462. The van der Waals surface area contributed by atoms with E-state index in [4.69, 9.17) is 36.9 Å². The maximum absolute atomic E-state index is 11.2. The predicted molar refractivity (Wildman–Crippen MR) is 65.9 cm³/mol. The molecule has 20 heavy (non-hydrogen) atoms. The molecular formula is C6H4Cl2O9S3. The first-order valence-electron chi connectivity index (χ1n) is 4.12. The van der Waals surface area contributed by atoms with Crippen molar-refractivity contribution in [1.29, 1.82) is 0 Å². The van der Waals surface area contributed by atoms with E-state index in [0.29, 0.717) is 6.07 Å². The largest absolute Gasteiger partial charge is 0.297 e. The van der Waals surface area contributed by atoms with Crippen molar-refractivity contribution < 1.29 is 38.9 Å². The van der Waals surface area contributed by atoms with Gasteiger partial charge in [-0.1, -0.05) is 23.2 Å². The van der Waals surface area contributed by atoms with Gasteiger partial charge < -0.3 is 0 Å². The Hall–Kier alpha value is -0.470. The standard InChI is InChI=1S/C6H4Cl2O9S3/c7-2-1-3(8)5(19(12,13)14)6(20(15,16)17)4(2)18(9,10)11/h1H,(H,9,10,11)(H,12,13,14)(H,15,16,17). The van der Waals surface area contributed by atoms with Gasteiger partial charge in [-0.15, -0.1) is 0 Å². The van der Waals surface area contributed by atoms with Crippen LogP contribution in [0.1, 0.15) is 0 Å². The molecule has 0 aromatic heterocycles. The molecule has 0 saturated carbocycles. The normalized spacial score (nSPS) is 13.4. The minimum atomic E-state index is -5.52. The molecule has 9 nitrogen and oxygen atoms in total. The van der Waals surface area contributed by atoms with Gasteiger partial charge in [0.2, 0.25) is 0 Å². The summed E-state index contributed by atoms with van der Waals surface area (Å²) in [6.45, 7) is 0. The second kappa shape index (κ2) is 5.06. The van der Waals surface area contributed by atoms with E-state index in [2.05, 4.69) is 0 Å². The lowest BCUT2D eigenvalue weighted by molar-refractivity contribution is 0.456. The molecule has 3 N–H and O–H groups in total. The molecule has 0 aliphatic rings. The topological polar surface area (TPSA) is 163 Å². The van der Waals surface area contributed by atoms with E-state index in [1.54, 1.807) is 0 Å². The van der Waals surface area contributed by atoms with Gasteiger partial charge in [0.25, 0.3) is 30.4 Å². The van der Waals surface area contributed by atoms with Crippen molar-refractivity contribution in [3.8, 4) is 0 Å². The Morgan fingerprint density at radius 1 is 0.650 bits per heavy atom. The Morgan fingerprint density at radius 3 is 1.10 bits per heavy atom. The molecule has 0 fully saturated rings. The van der Waals surface area contributed by atoms with Crippen LogP contribution in [0.15, 0.2) is 20.8 Å². The second-order valence-corrected chi connectivity index (χ2v) is 8.14. The van der Waals surface area contributed by atoms with Gasteiger partial charge in [-0.3, -0.25) is 13.7 Å². The van der Waals surface area contributed by atoms with Crippen LogP contribution in [0.2, 0.25) is 10.0 Å². The van der Waals surface area contributed by atoms with E-state index in [1.807, 2.05) is 0 Å². The molecule has 0 radical (unpaired) electrons. The third-order valence-electron chi connectivity index (χ3n) is 1.87. The van der Waals surface area contributed by atoms with Crippen LogP contribution in [-0.4, -0.2) is 38.9 Å². The van der Waals surface area contributed by atoms with Crippen molar-refractivity contribution in [2.45, 2.75) is 14.7 Å². The van der Waals surface area contributed by atoms with Gasteiger partial charge >= 0.3 is 0 Å². The van der Waals surface area contributed by atoms with Crippen LogP contribution in [0.5, 0.6) is 0 Å². The number of hydrogen-bond acceptors (Lipinski definition) is 6. The third-order valence-corrected chi connectivity index (χ3v) is 5.76. The highest BCUT2D eigenvalue weighted by molar-refractivity contribution is 7.90. The molecule has 0 bridgehead atoms. The molecule has 0 amide bonds. The van der Waals surface area contributed by atoms with Crippen LogP contribution in [0, 0.1) is 0 Å². The smallest absolute Gasteiger partial charge is 0.282 e. The Kier molecular flexibility index (Phi) is 4.45. The van der Waals surface area contributed by atoms with Gasteiger partial charge in [0.1, 0.15) is 14.7 Å². The molecule has 114 valence electrons. The fourth-order valence-electron chi connectivity index (χ4n) is 1.28. The Bertz CT molecular complexity index is 826. The van der Waals surface area contributed by atoms with E-state index >= 15 is 0 Å². The number of halogens is 2. The first kappa shape index (κ1) is 17.6. The molecule has 1 aromatic carbocycles. The summed E-state index contributed by atoms with van der Waals surface area (Å²) in [5.41, 5.74) is 0. The lowest BCUT2D eigenvalue weighted by Crippen LogP contribution is -2.15. The molecule has 0 spiro atoms. The number of hydrogen-bond donors (Lipinski definition) is 3. The van der Waals surface area contributed by atoms with E-state index in [-0.39, 0.29) is 0 Å². The zero-order valence-electron chi connectivity index (χ0n) is 8.85. The second-order valence-electron chi connectivity index (χ2n) is 3.25. The van der Waals surface area contributed by atoms with Crippen molar-refractivity contribution in [3.05, 3.63) is 16.1 Å². The Labute approximate surface area is 123 Å². The monoisotopic (exact) mass is 386 g/mol. The van der Waals surface area contributed by atoms with Gasteiger partial charge in [-0.2, -0.15) is 25.3 Å².